The molecule has 2 aromatic carbocycles. The fourth-order valence-electron chi connectivity index (χ4n) is 2.41. The van der Waals surface area contributed by atoms with Gasteiger partial charge in [0.25, 0.3) is 0 Å². The zero-order valence-corrected chi connectivity index (χ0v) is 12.6. The van der Waals surface area contributed by atoms with Crippen LogP contribution in [0.15, 0.2) is 60.7 Å². The van der Waals surface area contributed by atoms with Crippen LogP contribution in [0.4, 0.5) is 4.79 Å². The minimum atomic E-state index is -0.474. The SMILES string of the molecule is O=C1NC[C@H]1N(Cc1ccccc1)C(=O)OCc1ccccc1. The molecule has 0 unspecified atom stereocenters. The molecule has 2 amide bonds. The first-order valence-electron chi connectivity index (χ1n) is 7.53. The van der Waals surface area contributed by atoms with Crippen LogP contribution in [0.25, 0.3) is 0 Å². The molecule has 0 bridgehead atoms. The summed E-state index contributed by atoms with van der Waals surface area (Å²) in [5, 5.41) is 2.67. The number of nitrogens with zero attached hydrogens (tertiary/aromatic N) is 1. The first-order valence-corrected chi connectivity index (χ1v) is 7.53. The lowest BCUT2D eigenvalue weighted by molar-refractivity contribution is -0.132. The minimum Gasteiger partial charge on any atom is -0.445 e. The molecule has 5 nitrogen and oxygen atoms in total. The minimum absolute atomic E-state index is 0.141. The monoisotopic (exact) mass is 310 g/mol. The van der Waals surface area contributed by atoms with Crippen LogP contribution in [0.1, 0.15) is 11.1 Å². The molecule has 3 rings (SSSR count). The van der Waals surface area contributed by atoms with E-state index in [0.717, 1.165) is 11.1 Å². The molecule has 1 heterocycles. The predicted octanol–water partition coefficient (Wildman–Crippen LogP) is 2.32. The number of hydrogen-bond donors (Lipinski definition) is 1. The zero-order valence-electron chi connectivity index (χ0n) is 12.6. The fourth-order valence-corrected chi connectivity index (χ4v) is 2.41. The van der Waals surface area contributed by atoms with Crippen LogP contribution >= 0.6 is 0 Å². The third kappa shape index (κ3) is 3.69. The van der Waals surface area contributed by atoms with Crippen molar-refractivity contribution in [3.63, 3.8) is 0 Å². The average molecular weight is 310 g/mol. The van der Waals surface area contributed by atoms with E-state index in [9.17, 15) is 9.59 Å². The largest absolute Gasteiger partial charge is 0.445 e. The number of rotatable bonds is 5. The Morgan fingerprint density at radius 2 is 1.65 bits per heavy atom. The van der Waals surface area contributed by atoms with Gasteiger partial charge in [-0.1, -0.05) is 60.7 Å². The van der Waals surface area contributed by atoms with Gasteiger partial charge < -0.3 is 10.1 Å². The molecule has 2 aromatic rings. The normalized spacial score (nSPS) is 16.2. The van der Waals surface area contributed by atoms with Crippen molar-refractivity contribution in [3.05, 3.63) is 71.8 Å². The summed E-state index contributed by atoms with van der Waals surface area (Å²) in [5.74, 6) is -0.141. The second-order valence-corrected chi connectivity index (χ2v) is 5.41. The highest BCUT2D eigenvalue weighted by atomic mass is 16.6. The summed E-state index contributed by atoms with van der Waals surface area (Å²) in [5.41, 5.74) is 1.88. The topological polar surface area (TPSA) is 58.6 Å². The van der Waals surface area contributed by atoms with Gasteiger partial charge in [0.2, 0.25) is 5.91 Å². The number of hydrogen-bond acceptors (Lipinski definition) is 3. The quantitative estimate of drug-likeness (QED) is 0.862. The number of carbonyl (C=O) groups excluding carboxylic acids is 2. The summed E-state index contributed by atoms with van der Waals surface area (Å²) in [4.78, 5) is 25.6. The van der Waals surface area contributed by atoms with Crippen molar-refractivity contribution in [2.24, 2.45) is 0 Å². The molecule has 0 spiro atoms. The van der Waals surface area contributed by atoms with Crippen LogP contribution in [-0.2, 0) is 22.7 Å². The summed E-state index contributed by atoms with van der Waals surface area (Å²) in [6.45, 7) is 1.01. The van der Waals surface area contributed by atoms with Gasteiger partial charge in [0.05, 0.1) is 0 Å². The lowest BCUT2D eigenvalue weighted by Gasteiger charge is -2.36. The molecule has 0 aliphatic carbocycles. The third-order valence-corrected chi connectivity index (χ3v) is 3.78. The summed E-state index contributed by atoms with van der Waals surface area (Å²) >= 11 is 0. The summed E-state index contributed by atoms with van der Waals surface area (Å²) in [7, 11) is 0. The van der Waals surface area contributed by atoms with E-state index in [1.54, 1.807) is 0 Å². The second-order valence-electron chi connectivity index (χ2n) is 5.41. The van der Waals surface area contributed by atoms with Gasteiger partial charge in [-0.05, 0) is 11.1 Å². The summed E-state index contributed by atoms with van der Waals surface area (Å²) in [6.07, 6.45) is -0.474. The molecular formula is C18H18N2O3. The smallest absolute Gasteiger partial charge is 0.411 e. The molecule has 1 aliphatic rings. The molecule has 5 heteroatoms. The maximum absolute atomic E-state index is 12.4. The Morgan fingerprint density at radius 1 is 1.04 bits per heavy atom. The van der Waals surface area contributed by atoms with Gasteiger partial charge in [-0.2, -0.15) is 0 Å². The van der Waals surface area contributed by atoms with Crippen molar-refractivity contribution in [2.75, 3.05) is 6.54 Å². The standard InChI is InChI=1S/C18H18N2O3/c21-17-16(11-19-17)20(12-14-7-3-1-4-8-14)18(22)23-13-15-9-5-2-6-10-15/h1-10,16H,11-13H2,(H,19,21)/t16-/m1/s1. The Labute approximate surface area is 134 Å². The Morgan fingerprint density at radius 3 is 2.17 bits per heavy atom. The van der Waals surface area contributed by atoms with Gasteiger partial charge in [-0.3, -0.25) is 9.69 Å². The molecule has 0 radical (unpaired) electrons. The highest BCUT2D eigenvalue weighted by Crippen LogP contribution is 2.15. The van der Waals surface area contributed by atoms with Crippen molar-refractivity contribution in [1.82, 2.24) is 10.2 Å². The van der Waals surface area contributed by atoms with Crippen molar-refractivity contribution < 1.29 is 14.3 Å². The molecule has 1 saturated heterocycles. The second kappa shape index (κ2) is 6.96. The number of amides is 2. The van der Waals surface area contributed by atoms with Crippen molar-refractivity contribution >= 4 is 12.0 Å². The molecule has 0 saturated carbocycles. The Kier molecular flexibility index (Phi) is 4.57. The number of β-lactam (4-membered cyclic amide) rings is 1. The molecule has 118 valence electrons. The van der Waals surface area contributed by atoms with E-state index < -0.39 is 12.1 Å². The zero-order chi connectivity index (χ0) is 16.1. The average Bonchev–Trinajstić information content (AvgIpc) is 2.59. The van der Waals surface area contributed by atoms with Crippen LogP contribution < -0.4 is 5.32 Å². The van der Waals surface area contributed by atoms with Gasteiger partial charge in [0, 0.05) is 13.1 Å². The molecular weight excluding hydrogens is 292 g/mol. The van der Waals surface area contributed by atoms with Gasteiger partial charge >= 0.3 is 6.09 Å². The van der Waals surface area contributed by atoms with Gasteiger partial charge in [-0.15, -0.1) is 0 Å². The molecule has 0 aromatic heterocycles. The number of carbonyl (C=O) groups is 2. The van der Waals surface area contributed by atoms with Crippen LogP contribution in [0.2, 0.25) is 0 Å². The van der Waals surface area contributed by atoms with Gasteiger partial charge in [-0.25, -0.2) is 4.79 Å². The van der Waals surface area contributed by atoms with Gasteiger partial charge in [0.15, 0.2) is 0 Å². The number of ether oxygens (including phenoxy) is 1. The fraction of sp³-hybridized carbons (Fsp3) is 0.222. The van der Waals surface area contributed by atoms with Gasteiger partial charge in [0.1, 0.15) is 12.6 Å². The van der Waals surface area contributed by atoms with E-state index in [-0.39, 0.29) is 12.5 Å². The number of benzene rings is 2. The molecule has 23 heavy (non-hydrogen) atoms. The van der Waals surface area contributed by atoms with Crippen LogP contribution in [0.3, 0.4) is 0 Å². The maximum atomic E-state index is 12.4. The van der Waals surface area contributed by atoms with E-state index in [2.05, 4.69) is 5.32 Å². The molecule has 1 N–H and O–H groups in total. The molecule has 1 atom stereocenters. The number of nitrogens with one attached hydrogen (secondary N) is 1. The van der Waals surface area contributed by atoms with Crippen molar-refractivity contribution in [3.8, 4) is 0 Å². The Hall–Kier alpha value is -2.82. The Balaban J connectivity index is 1.67. The van der Waals surface area contributed by atoms with E-state index in [1.165, 1.54) is 4.90 Å². The summed E-state index contributed by atoms with van der Waals surface area (Å²) < 4.78 is 5.37. The van der Waals surface area contributed by atoms with E-state index in [4.69, 9.17) is 4.74 Å². The maximum Gasteiger partial charge on any atom is 0.411 e. The van der Waals surface area contributed by atoms with Crippen LogP contribution in [0, 0.1) is 0 Å². The van der Waals surface area contributed by atoms with Crippen molar-refractivity contribution in [2.45, 2.75) is 19.2 Å². The van der Waals surface area contributed by atoms with Crippen LogP contribution in [0.5, 0.6) is 0 Å². The van der Waals surface area contributed by atoms with E-state index >= 15 is 0 Å². The lowest BCUT2D eigenvalue weighted by atomic mass is 10.1. The highest BCUT2D eigenvalue weighted by molar-refractivity contribution is 5.90. The van der Waals surface area contributed by atoms with Crippen molar-refractivity contribution in [1.29, 1.82) is 0 Å². The lowest BCUT2D eigenvalue weighted by Crippen LogP contribution is -2.63. The summed E-state index contributed by atoms with van der Waals surface area (Å²) in [6, 6.07) is 18.6. The molecule has 1 fully saturated rings. The van der Waals surface area contributed by atoms with E-state index in [0.29, 0.717) is 13.1 Å². The predicted molar refractivity (Wildman–Crippen MR) is 85.4 cm³/mol. The third-order valence-electron chi connectivity index (χ3n) is 3.78. The first-order chi connectivity index (χ1) is 11.2. The Bertz CT molecular complexity index is 673. The van der Waals surface area contributed by atoms with Crippen LogP contribution in [-0.4, -0.2) is 29.5 Å². The van der Waals surface area contributed by atoms with E-state index in [1.807, 2.05) is 60.7 Å². The first kappa shape index (κ1) is 15.1. The highest BCUT2D eigenvalue weighted by Gasteiger charge is 2.37. The molecule has 1 aliphatic heterocycles.